The van der Waals surface area contributed by atoms with Gasteiger partial charge in [0.05, 0.1) is 6.54 Å². The number of aliphatic imine (C=N–C) groups is 1. The lowest BCUT2D eigenvalue weighted by Gasteiger charge is -2.12. The highest BCUT2D eigenvalue weighted by atomic mass is 15.1. The smallest absolute Gasteiger partial charge is 0.188 e. The number of rotatable bonds is 6. The van der Waals surface area contributed by atoms with Gasteiger partial charge < -0.3 is 16.0 Å². The van der Waals surface area contributed by atoms with Gasteiger partial charge in [-0.15, -0.1) is 0 Å². The lowest BCUT2D eigenvalue weighted by atomic mass is 10.2. The Kier molecular flexibility index (Phi) is 6.05. The average molecular weight is 248 g/mol. The molecule has 0 atom stereocenters. The summed E-state index contributed by atoms with van der Waals surface area (Å²) in [5.41, 5.74) is 8.13. The number of benzene rings is 1. The molecule has 4 heteroatoms. The van der Waals surface area contributed by atoms with Crippen LogP contribution in [0.25, 0.3) is 0 Å². The first-order valence-corrected chi connectivity index (χ1v) is 6.43. The van der Waals surface area contributed by atoms with Gasteiger partial charge in [0.15, 0.2) is 5.96 Å². The van der Waals surface area contributed by atoms with Crippen molar-refractivity contribution in [2.24, 2.45) is 10.7 Å². The summed E-state index contributed by atoms with van der Waals surface area (Å²) in [6.07, 6.45) is 2.28. The second-order valence-electron chi connectivity index (χ2n) is 4.54. The van der Waals surface area contributed by atoms with E-state index in [4.69, 9.17) is 5.73 Å². The maximum absolute atomic E-state index is 5.77. The number of anilines is 1. The van der Waals surface area contributed by atoms with Crippen LogP contribution in [0.3, 0.4) is 0 Å². The van der Waals surface area contributed by atoms with Crippen molar-refractivity contribution in [3.63, 3.8) is 0 Å². The van der Waals surface area contributed by atoms with Crippen LogP contribution in [-0.4, -0.2) is 26.6 Å². The van der Waals surface area contributed by atoms with Gasteiger partial charge in [-0.3, -0.25) is 0 Å². The monoisotopic (exact) mass is 248 g/mol. The van der Waals surface area contributed by atoms with Gasteiger partial charge in [-0.1, -0.05) is 25.5 Å². The zero-order valence-electron chi connectivity index (χ0n) is 11.6. The van der Waals surface area contributed by atoms with Crippen molar-refractivity contribution in [2.45, 2.75) is 26.3 Å². The van der Waals surface area contributed by atoms with Crippen molar-refractivity contribution < 1.29 is 0 Å². The Morgan fingerprint density at radius 2 is 1.94 bits per heavy atom. The Hall–Kier alpha value is -1.71. The molecule has 0 aromatic heterocycles. The number of unbranched alkanes of at least 4 members (excludes halogenated alkanes) is 1. The Labute approximate surface area is 110 Å². The third-order valence-electron chi connectivity index (χ3n) is 2.72. The summed E-state index contributed by atoms with van der Waals surface area (Å²) in [6, 6.07) is 8.34. The SMILES string of the molecule is CCCCNC(N)=NCc1ccc(N(C)C)cc1. The van der Waals surface area contributed by atoms with E-state index in [2.05, 4.69) is 46.4 Å². The van der Waals surface area contributed by atoms with Crippen LogP contribution >= 0.6 is 0 Å². The molecule has 4 nitrogen and oxygen atoms in total. The lowest BCUT2D eigenvalue weighted by molar-refractivity contribution is 0.748. The molecular weight excluding hydrogens is 224 g/mol. The first-order valence-electron chi connectivity index (χ1n) is 6.43. The Morgan fingerprint density at radius 1 is 1.28 bits per heavy atom. The number of nitrogens with one attached hydrogen (secondary N) is 1. The molecule has 100 valence electrons. The Balaban J connectivity index is 2.44. The standard InChI is InChI=1S/C14H24N4/c1-4-5-10-16-14(15)17-11-12-6-8-13(9-7-12)18(2)3/h6-9H,4-5,10-11H2,1-3H3,(H3,15,16,17). The van der Waals surface area contributed by atoms with Gasteiger partial charge >= 0.3 is 0 Å². The molecule has 0 heterocycles. The molecule has 0 fully saturated rings. The summed E-state index contributed by atoms with van der Waals surface area (Å²) in [7, 11) is 4.06. The molecule has 1 rings (SSSR count). The maximum Gasteiger partial charge on any atom is 0.188 e. The summed E-state index contributed by atoms with van der Waals surface area (Å²) >= 11 is 0. The van der Waals surface area contributed by atoms with E-state index in [9.17, 15) is 0 Å². The summed E-state index contributed by atoms with van der Waals surface area (Å²) in [5.74, 6) is 0.528. The highest BCUT2D eigenvalue weighted by Crippen LogP contribution is 2.12. The fraction of sp³-hybridized carbons (Fsp3) is 0.500. The van der Waals surface area contributed by atoms with Crippen LogP contribution < -0.4 is 16.0 Å². The third kappa shape index (κ3) is 5.08. The van der Waals surface area contributed by atoms with Gasteiger partial charge in [0.1, 0.15) is 0 Å². The van der Waals surface area contributed by atoms with Gasteiger partial charge in [0.25, 0.3) is 0 Å². The number of hydrogen-bond acceptors (Lipinski definition) is 2. The topological polar surface area (TPSA) is 53.6 Å². The highest BCUT2D eigenvalue weighted by molar-refractivity contribution is 5.77. The van der Waals surface area contributed by atoms with Crippen LogP contribution in [0.1, 0.15) is 25.3 Å². The molecule has 0 amide bonds. The van der Waals surface area contributed by atoms with E-state index < -0.39 is 0 Å². The zero-order valence-corrected chi connectivity index (χ0v) is 11.6. The molecule has 18 heavy (non-hydrogen) atoms. The van der Waals surface area contributed by atoms with Gasteiger partial charge in [0, 0.05) is 26.3 Å². The van der Waals surface area contributed by atoms with Crippen molar-refractivity contribution in [1.82, 2.24) is 5.32 Å². The fourth-order valence-corrected chi connectivity index (χ4v) is 1.53. The number of hydrogen-bond donors (Lipinski definition) is 2. The summed E-state index contributed by atoms with van der Waals surface area (Å²) in [4.78, 5) is 6.39. The quantitative estimate of drug-likeness (QED) is 0.460. The van der Waals surface area contributed by atoms with Crippen LogP contribution in [0, 0.1) is 0 Å². The van der Waals surface area contributed by atoms with Gasteiger partial charge in [0.2, 0.25) is 0 Å². The van der Waals surface area contributed by atoms with E-state index in [1.165, 1.54) is 11.3 Å². The van der Waals surface area contributed by atoms with Crippen LogP contribution in [0.2, 0.25) is 0 Å². The Bertz CT molecular complexity index is 368. The normalized spacial score (nSPS) is 11.4. The minimum absolute atomic E-state index is 0.528. The summed E-state index contributed by atoms with van der Waals surface area (Å²) < 4.78 is 0. The van der Waals surface area contributed by atoms with E-state index in [-0.39, 0.29) is 0 Å². The Morgan fingerprint density at radius 3 is 2.50 bits per heavy atom. The summed E-state index contributed by atoms with van der Waals surface area (Å²) in [5, 5.41) is 3.10. The molecule has 0 bridgehead atoms. The van der Waals surface area contributed by atoms with Crippen LogP contribution in [0.5, 0.6) is 0 Å². The molecule has 0 unspecified atom stereocenters. The zero-order chi connectivity index (χ0) is 13.4. The predicted octanol–water partition coefficient (Wildman–Crippen LogP) is 1.96. The fourth-order valence-electron chi connectivity index (χ4n) is 1.53. The van der Waals surface area contributed by atoms with Crippen LogP contribution in [0.15, 0.2) is 29.3 Å². The molecule has 1 aromatic carbocycles. The number of nitrogens with zero attached hydrogens (tertiary/aromatic N) is 2. The maximum atomic E-state index is 5.77. The highest BCUT2D eigenvalue weighted by Gasteiger charge is 1.96. The molecule has 0 aliphatic heterocycles. The first-order chi connectivity index (χ1) is 8.63. The van der Waals surface area contributed by atoms with Gasteiger partial charge in [-0.25, -0.2) is 4.99 Å². The molecule has 1 aromatic rings. The van der Waals surface area contributed by atoms with Crippen LogP contribution in [-0.2, 0) is 6.54 Å². The minimum atomic E-state index is 0.528. The molecular formula is C14H24N4. The van der Waals surface area contributed by atoms with Gasteiger partial charge in [-0.05, 0) is 24.1 Å². The molecule has 0 radical (unpaired) electrons. The molecule has 0 aliphatic carbocycles. The van der Waals surface area contributed by atoms with Crippen molar-refractivity contribution in [3.05, 3.63) is 29.8 Å². The minimum Gasteiger partial charge on any atom is -0.378 e. The molecule has 0 spiro atoms. The average Bonchev–Trinajstić information content (AvgIpc) is 2.37. The van der Waals surface area contributed by atoms with Crippen molar-refractivity contribution in [3.8, 4) is 0 Å². The van der Waals surface area contributed by atoms with E-state index in [0.29, 0.717) is 12.5 Å². The number of nitrogens with two attached hydrogens (primary N) is 1. The first kappa shape index (κ1) is 14.4. The van der Waals surface area contributed by atoms with Crippen LogP contribution in [0.4, 0.5) is 5.69 Å². The molecule has 0 saturated carbocycles. The van der Waals surface area contributed by atoms with E-state index in [0.717, 1.165) is 19.4 Å². The predicted molar refractivity (Wildman–Crippen MR) is 79.0 cm³/mol. The van der Waals surface area contributed by atoms with Gasteiger partial charge in [-0.2, -0.15) is 0 Å². The molecule has 3 N–H and O–H groups in total. The molecule has 0 saturated heterocycles. The largest absolute Gasteiger partial charge is 0.378 e. The van der Waals surface area contributed by atoms with E-state index >= 15 is 0 Å². The second-order valence-corrected chi connectivity index (χ2v) is 4.54. The summed E-state index contributed by atoms with van der Waals surface area (Å²) in [6.45, 7) is 3.67. The second kappa shape index (κ2) is 7.58. The number of guanidine groups is 1. The van der Waals surface area contributed by atoms with Crippen molar-refractivity contribution in [1.29, 1.82) is 0 Å². The van der Waals surface area contributed by atoms with E-state index in [1.807, 2.05) is 14.1 Å². The van der Waals surface area contributed by atoms with Crippen molar-refractivity contribution in [2.75, 3.05) is 25.5 Å². The lowest BCUT2D eigenvalue weighted by Crippen LogP contribution is -2.32. The third-order valence-corrected chi connectivity index (χ3v) is 2.72. The van der Waals surface area contributed by atoms with E-state index in [1.54, 1.807) is 0 Å². The molecule has 0 aliphatic rings. The van der Waals surface area contributed by atoms with Crippen molar-refractivity contribution >= 4 is 11.6 Å².